The first-order chi connectivity index (χ1) is 3.56. The topological polar surface area (TPSA) is 21.3 Å². The van der Waals surface area contributed by atoms with Gasteiger partial charge in [0.1, 0.15) is 0 Å². The summed E-state index contributed by atoms with van der Waals surface area (Å²) in [6, 6.07) is 0. The summed E-state index contributed by atoms with van der Waals surface area (Å²) in [7, 11) is 5.99. The van der Waals surface area contributed by atoms with E-state index >= 15 is 0 Å². The van der Waals surface area contributed by atoms with Gasteiger partial charge in [-0.3, -0.25) is 4.84 Å². The third kappa shape index (κ3) is 11.4. The van der Waals surface area contributed by atoms with Gasteiger partial charge in [0.05, 0.1) is 27.7 Å². The zero-order valence-corrected chi connectivity index (χ0v) is 6.06. The van der Waals surface area contributed by atoms with E-state index < -0.39 is 0 Å². The molecule has 0 spiro atoms. The SMILES string of the molecule is C.CCON[N+](C)(C)C. The molecule has 9 heavy (non-hydrogen) atoms. The van der Waals surface area contributed by atoms with Crippen LogP contribution in [-0.4, -0.2) is 32.3 Å². The lowest BCUT2D eigenvalue weighted by Crippen LogP contribution is -2.47. The molecule has 0 aliphatic heterocycles. The van der Waals surface area contributed by atoms with Crippen LogP contribution in [0.3, 0.4) is 0 Å². The van der Waals surface area contributed by atoms with Crippen LogP contribution >= 0.6 is 0 Å². The van der Waals surface area contributed by atoms with E-state index in [9.17, 15) is 0 Å². The van der Waals surface area contributed by atoms with Crippen molar-refractivity contribution in [1.29, 1.82) is 0 Å². The first-order valence-electron chi connectivity index (χ1n) is 2.77. The molecule has 0 aromatic rings. The van der Waals surface area contributed by atoms with Crippen LogP contribution in [0.4, 0.5) is 0 Å². The quantitative estimate of drug-likeness (QED) is 0.456. The predicted molar refractivity (Wildman–Crippen MR) is 39.5 cm³/mol. The van der Waals surface area contributed by atoms with Crippen molar-refractivity contribution in [1.82, 2.24) is 5.59 Å². The van der Waals surface area contributed by atoms with Crippen molar-refractivity contribution in [2.24, 2.45) is 0 Å². The largest absolute Gasteiger partial charge is 0.257 e. The van der Waals surface area contributed by atoms with Gasteiger partial charge in [-0.1, -0.05) is 7.43 Å². The Morgan fingerprint density at radius 1 is 1.33 bits per heavy atom. The fourth-order valence-electron chi connectivity index (χ4n) is 0.258. The Hall–Kier alpha value is -0.120. The zero-order chi connectivity index (χ0) is 6.62. The van der Waals surface area contributed by atoms with E-state index in [-0.39, 0.29) is 7.43 Å². The molecule has 0 fully saturated rings. The summed E-state index contributed by atoms with van der Waals surface area (Å²) in [5, 5.41) is 0. The van der Waals surface area contributed by atoms with Crippen molar-refractivity contribution in [2.45, 2.75) is 14.4 Å². The Bertz CT molecular complexity index is 58.6. The van der Waals surface area contributed by atoms with E-state index in [1.807, 2.05) is 28.1 Å². The smallest absolute Gasteiger partial charge is 0.0873 e. The van der Waals surface area contributed by atoms with Crippen LogP contribution in [0.5, 0.6) is 0 Å². The Balaban J connectivity index is 0. The highest BCUT2D eigenvalue weighted by molar-refractivity contribution is 3.97. The first kappa shape index (κ1) is 11.6. The van der Waals surface area contributed by atoms with Crippen molar-refractivity contribution in [3.05, 3.63) is 0 Å². The second-order valence-corrected chi connectivity index (χ2v) is 2.54. The highest BCUT2D eigenvalue weighted by Gasteiger charge is 2.02. The van der Waals surface area contributed by atoms with Crippen LogP contribution in [0.15, 0.2) is 0 Å². The molecule has 1 N–H and O–H groups in total. The lowest BCUT2D eigenvalue weighted by Gasteiger charge is -2.21. The van der Waals surface area contributed by atoms with Gasteiger partial charge in [0.15, 0.2) is 0 Å². The molecule has 0 radical (unpaired) electrons. The highest BCUT2D eigenvalue weighted by Crippen LogP contribution is 1.79. The molecule has 0 rings (SSSR count). The first-order valence-corrected chi connectivity index (χ1v) is 2.77. The van der Waals surface area contributed by atoms with Crippen molar-refractivity contribution in [3.8, 4) is 0 Å². The summed E-state index contributed by atoms with van der Waals surface area (Å²) in [6.45, 7) is 2.65. The molecule has 0 aromatic carbocycles. The van der Waals surface area contributed by atoms with E-state index in [1.165, 1.54) is 0 Å². The van der Waals surface area contributed by atoms with Gasteiger partial charge in [-0.15, -0.1) is 0 Å². The average Bonchev–Trinajstić information content (AvgIpc) is 1.59. The molecule has 0 saturated heterocycles. The molecule has 0 aliphatic rings. The molecular weight excluding hydrogens is 116 g/mol. The van der Waals surface area contributed by atoms with Gasteiger partial charge in [-0.05, 0) is 12.5 Å². The van der Waals surface area contributed by atoms with Gasteiger partial charge in [0.25, 0.3) is 0 Å². The number of rotatable bonds is 3. The standard InChI is InChI=1S/C5H15N2O.CH4/c1-5-8-6-7(2,3)4;/h6H,5H2,1-4H3;1H4/q+1;. The Morgan fingerprint density at radius 3 is 1.89 bits per heavy atom. The molecule has 0 saturated carbocycles. The lowest BCUT2D eigenvalue weighted by molar-refractivity contribution is -0.944. The summed E-state index contributed by atoms with van der Waals surface area (Å²) in [4.78, 5) is 4.92. The zero-order valence-electron chi connectivity index (χ0n) is 6.06. The molecule has 3 nitrogen and oxygen atoms in total. The summed E-state index contributed by atoms with van der Waals surface area (Å²) in [5.41, 5.74) is 2.81. The van der Waals surface area contributed by atoms with Gasteiger partial charge in [0.2, 0.25) is 0 Å². The van der Waals surface area contributed by atoms with Gasteiger partial charge in [-0.25, -0.2) is 4.59 Å². The minimum Gasteiger partial charge on any atom is -0.257 e. The summed E-state index contributed by atoms with van der Waals surface area (Å²) in [6.07, 6.45) is 0. The molecule has 0 atom stereocenters. The van der Waals surface area contributed by atoms with Gasteiger partial charge in [-0.2, -0.15) is 0 Å². The van der Waals surface area contributed by atoms with E-state index in [0.29, 0.717) is 11.2 Å². The van der Waals surface area contributed by atoms with E-state index in [2.05, 4.69) is 5.59 Å². The minimum atomic E-state index is 0. The van der Waals surface area contributed by atoms with Crippen LogP contribution in [-0.2, 0) is 4.84 Å². The van der Waals surface area contributed by atoms with Crippen molar-refractivity contribution < 1.29 is 9.43 Å². The normalized spacial score (nSPS) is 10.7. The molecule has 0 aliphatic carbocycles. The van der Waals surface area contributed by atoms with Crippen LogP contribution < -0.4 is 5.59 Å². The number of quaternary nitrogens is 1. The van der Waals surface area contributed by atoms with Crippen LogP contribution in [0, 0.1) is 0 Å². The maximum absolute atomic E-state index is 4.92. The van der Waals surface area contributed by atoms with Gasteiger partial charge >= 0.3 is 0 Å². The fraction of sp³-hybridized carbons (Fsp3) is 1.00. The predicted octanol–water partition coefficient (Wildman–Crippen LogP) is 0.785. The second-order valence-electron chi connectivity index (χ2n) is 2.54. The Morgan fingerprint density at radius 2 is 1.78 bits per heavy atom. The molecule has 3 heteroatoms. The van der Waals surface area contributed by atoms with Crippen LogP contribution in [0.25, 0.3) is 0 Å². The third-order valence-corrected chi connectivity index (χ3v) is 0.483. The maximum Gasteiger partial charge on any atom is 0.0873 e. The fourth-order valence-corrected chi connectivity index (χ4v) is 0.258. The molecule has 0 aromatic heterocycles. The third-order valence-electron chi connectivity index (χ3n) is 0.483. The number of hydrogen-bond donors (Lipinski definition) is 1. The lowest BCUT2D eigenvalue weighted by atomic mass is 10.9. The molecule has 0 unspecified atom stereocenters. The van der Waals surface area contributed by atoms with Crippen molar-refractivity contribution >= 4 is 0 Å². The molecule has 58 valence electrons. The van der Waals surface area contributed by atoms with Gasteiger partial charge in [0, 0.05) is 0 Å². The summed E-state index contributed by atoms with van der Waals surface area (Å²) >= 11 is 0. The Labute approximate surface area is 58.1 Å². The molecule has 0 amide bonds. The maximum atomic E-state index is 4.92. The summed E-state index contributed by atoms with van der Waals surface area (Å²) < 4.78 is 0.633. The molecular formula is C6H19N2O+. The second kappa shape index (κ2) is 4.73. The summed E-state index contributed by atoms with van der Waals surface area (Å²) in [5.74, 6) is 0. The van der Waals surface area contributed by atoms with Crippen molar-refractivity contribution in [3.63, 3.8) is 0 Å². The molecule has 0 heterocycles. The van der Waals surface area contributed by atoms with E-state index in [0.717, 1.165) is 0 Å². The van der Waals surface area contributed by atoms with Crippen LogP contribution in [0.2, 0.25) is 0 Å². The monoisotopic (exact) mass is 135 g/mol. The van der Waals surface area contributed by atoms with Gasteiger partial charge < -0.3 is 0 Å². The van der Waals surface area contributed by atoms with Crippen molar-refractivity contribution in [2.75, 3.05) is 27.7 Å². The highest BCUT2D eigenvalue weighted by atomic mass is 16.7. The van der Waals surface area contributed by atoms with E-state index in [1.54, 1.807) is 0 Å². The minimum absolute atomic E-state index is 0. The van der Waals surface area contributed by atoms with Crippen LogP contribution in [0.1, 0.15) is 14.4 Å². The Kier molecular flexibility index (Phi) is 6.12. The number of nitrogens with one attached hydrogen (secondary N) is 1. The van der Waals surface area contributed by atoms with E-state index in [4.69, 9.17) is 4.84 Å². The molecule has 0 bridgehead atoms. The number of nitrogens with zero attached hydrogens (tertiary/aromatic N) is 1. The number of hydrogen-bond acceptors (Lipinski definition) is 2. The average molecular weight is 135 g/mol.